The Labute approximate surface area is 190 Å². The van der Waals surface area contributed by atoms with E-state index in [4.69, 9.17) is 16.3 Å². The summed E-state index contributed by atoms with van der Waals surface area (Å²) in [5, 5.41) is 0.716. The molecule has 0 heterocycles. The van der Waals surface area contributed by atoms with E-state index < -0.39 is 0 Å². The van der Waals surface area contributed by atoms with Crippen LogP contribution >= 0.6 is 11.6 Å². The molecule has 0 aromatic heterocycles. The summed E-state index contributed by atoms with van der Waals surface area (Å²) in [6, 6.07) is 33.4. The van der Waals surface area contributed by atoms with E-state index >= 15 is 0 Å². The van der Waals surface area contributed by atoms with Gasteiger partial charge in [-0.1, -0.05) is 105 Å². The lowest BCUT2D eigenvalue weighted by atomic mass is 9.86. The van der Waals surface area contributed by atoms with Crippen molar-refractivity contribution in [1.82, 2.24) is 0 Å². The summed E-state index contributed by atoms with van der Waals surface area (Å²) in [5.74, 6) is 0.841. The van der Waals surface area contributed by atoms with Crippen molar-refractivity contribution in [3.05, 3.63) is 113 Å². The van der Waals surface area contributed by atoms with Gasteiger partial charge in [-0.3, -0.25) is 0 Å². The van der Waals surface area contributed by atoms with Crippen molar-refractivity contribution in [2.45, 2.75) is 32.8 Å². The van der Waals surface area contributed by atoms with Gasteiger partial charge in [0.05, 0.1) is 0 Å². The molecule has 1 nitrogen and oxygen atoms in total. The molecule has 4 aromatic carbocycles. The molecule has 0 radical (unpaired) electrons. The molecule has 0 atom stereocenters. The fraction of sp³-hybridized carbons (Fsp3) is 0.172. The molecule has 0 aliphatic carbocycles. The van der Waals surface area contributed by atoms with Crippen molar-refractivity contribution in [2.75, 3.05) is 0 Å². The van der Waals surface area contributed by atoms with Crippen LogP contribution in [0.15, 0.2) is 97.1 Å². The smallest absolute Gasteiger partial charge is 0.119 e. The Bertz CT molecular complexity index is 1140. The third-order valence-corrected chi connectivity index (χ3v) is 5.72. The van der Waals surface area contributed by atoms with E-state index in [1.165, 1.54) is 22.3 Å². The molecule has 0 saturated carbocycles. The maximum Gasteiger partial charge on any atom is 0.119 e. The molecule has 0 bridgehead atoms. The fourth-order valence-corrected chi connectivity index (χ4v) is 3.84. The molecule has 0 unspecified atom stereocenters. The highest BCUT2D eigenvalue weighted by molar-refractivity contribution is 6.30. The average Bonchev–Trinajstić information content (AvgIpc) is 2.78. The zero-order valence-electron chi connectivity index (χ0n) is 18.2. The van der Waals surface area contributed by atoms with Crippen LogP contribution in [0.1, 0.15) is 31.9 Å². The van der Waals surface area contributed by atoms with E-state index in [1.54, 1.807) is 0 Å². The minimum atomic E-state index is 0.135. The summed E-state index contributed by atoms with van der Waals surface area (Å²) < 4.78 is 6.12. The second-order valence-electron chi connectivity index (χ2n) is 8.81. The summed E-state index contributed by atoms with van der Waals surface area (Å²) in [6.07, 6.45) is 0. The van der Waals surface area contributed by atoms with Crippen LogP contribution in [0, 0.1) is 0 Å². The summed E-state index contributed by atoms with van der Waals surface area (Å²) in [5.41, 5.74) is 7.22. The van der Waals surface area contributed by atoms with Crippen molar-refractivity contribution < 1.29 is 4.74 Å². The van der Waals surface area contributed by atoms with Gasteiger partial charge in [0.2, 0.25) is 0 Å². The Hall–Kier alpha value is -3.03. The molecule has 0 fully saturated rings. The zero-order chi connectivity index (χ0) is 21.8. The van der Waals surface area contributed by atoms with Gasteiger partial charge in [0.15, 0.2) is 0 Å². The highest BCUT2D eigenvalue weighted by Crippen LogP contribution is 2.31. The molecule has 0 N–H and O–H groups in total. The Morgan fingerprint density at radius 3 is 1.94 bits per heavy atom. The van der Waals surface area contributed by atoms with Crippen molar-refractivity contribution >= 4 is 11.6 Å². The third-order valence-electron chi connectivity index (χ3n) is 5.48. The maximum atomic E-state index is 6.30. The van der Waals surface area contributed by atoms with Crippen molar-refractivity contribution in [2.24, 2.45) is 0 Å². The Morgan fingerprint density at radius 2 is 1.29 bits per heavy atom. The first-order valence-electron chi connectivity index (χ1n) is 10.6. The zero-order valence-corrected chi connectivity index (χ0v) is 19.0. The van der Waals surface area contributed by atoms with Crippen LogP contribution in [0.5, 0.6) is 5.75 Å². The van der Waals surface area contributed by atoms with Gasteiger partial charge in [0.25, 0.3) is 0 Å². The fourth-order valence-electron chi connectivity index (χ4n) is 3.65. The summed E-state index contributed by atoms with van der Waals surface area (Å²) in [6.45, 7) is 7.15. The summed E-state index contributed by atoms with van der Waals surface area (Å²) >= 11 is 6.30. The van der Waals surface area contributed by atoms with Crippen LogP contribution in [-0.2, 0) is 12.0 Å². The van der Waals surface area contributed by atoms with Crippen molar-refractivity contribution in [1.29, 1.82) is 0 Å². The predicted octanol–water partition coefficient (Wildman–Crippen LogP) is 8.55. The molecule has 0 aliphatic heterocycles. The van der Waals surface area contributed by atoms with E-state index in [2.05, 4.69) is 87.5 Å². The lowest BCUT2D eigenvalue weighted by molar-refractivity contribution is 0.307. The number of hydrogen-bond acceptors (Lipinski definition) is 1. The minimum absolute atomic E-state index is 0.135. The number of benzene rings is 4. The van der Waals surface area contributed by atoms with Gasteiger partial charge in [0, 0.05) is 5.02 Å². The van der Waals surface area contributed by atoms with Crippen LogP contribution in [0.3, 0.4) is 0 Å². The molecule has 0 amide bonds. The Kier molecular flexibility index (Phi) is 6.15. The lowest BCUT2D eigenvalue weighted by Crippen LogP contribution is -2.10. The standard InChI is InChI=1S/C29H27ClO/c1-29(2,3)25-13-9-23(10-14-25)28-18-15-26(30)19-24(28)20-31-27-16-11-22(12-17-27)21-7-5-4-6-8-21/h4-19H,20H2,1-3H3. The van der Waals surface area contributed by atoms with Crippen molar-refractivity contribution in [3.63, 3.8) is 0 Å². The van der Waals surface area contributed by atoms with Gasteiger partial charge in [0.1, 0.15) is 12.4 Å². The van der Waals surface area contributed by atoms with Gasteiger partial charge in [-0.05, 0) is 63.1 Å². The number of rotatable bonds is 5. The van der Waals surface area contributed by atoms with Crippen LogP contribution in [0.4, 0.5) is 0 Å². The van der Waals surface area contributed by atoms with E-state index in [9.17, 15) is 0 Å². The SMILES string of the molecule is CC(C)(C)c1ccc(-c2ccc(Cl)cc2COc2ccc(-c3ccccc3)cc2)cc1. The Balaban J connectivity index is 1.53. The lowest BCUT2D eigenvalue weighted by Gasteiger charge is -2.19. The highest BCUT2D eigenvalue weighted by Gasteiger charge is 2.14. The molecule has 2 heteroatoms. The molecule has 0 spiro atoms. The largest absolute Gasteiger partial charge is 0.489 e. The van der Waals surface area contributed by atoms with Crippen molar-refractivity contribution in [3.8, 4) is 28.0 Å². The highest BCUT2D eigenvalue weighted by atomic mass is 35.5. The van der Waals surface area contributed by atoms with Crippen LogP contribution < -0.4 is 4.74 Å². The van der Waals surface area contributed by atoms with E-state index in [1.807, 2.05) is 30.3 Å². The van der Waals surface area contributed by atoms with Crippen LogP contribution in [0.2, 0.25) is 5.02 Å². The average molecular weight is 427 g/mol. The number of hydrogen-bond donors (Lipinski definition) is 0. The van der Waals surface area contributed by atoms with Crippen LogP contribution in [-0.4, -0.2) is 0 Å². The Morgan fingerprint density at radius 1 is 0.677 bits per heavy atom. The van der Waals surface area contributed by atoms with Gasteiger partial charge < -0.3 is 4.74 Å². The first kappa shape index (κ1) is 21.2. The molecule has 156 valence electrons. The first-order valence-corrected chi connectivity index (χ1v) is 11.0. The monoisotopic (exact) mass is 426 g/mol. The minimum Gasteiger partial charge on any atom is -0.489 e. The van der Waals surface area contributed by atoms with E-state index in [-0.39, 0.29) is 5.41 Å². The molecule has 0 aliphatic rings. The third kappa shape index (κ3) is 5.18. The molecular formula is C29H27ClO. The first-order chi connectivity index (χ1) is 14.9. The van der Waals surface area contributed by atoms with Gasteiger partial charge in [-0.25, -0.2) is 0 Å². The molecule has 4 rings (SSSR count). The second kappa shape index (κ2) is 8.99. The molecule has 31 heavy (non-hydrogen) atoms. The summed E-state index contributed by atoms with van der Waals surface area (Å²) in [4.78, 5) is 0. The van der Waals surface area contributed by atoms with E-state index in [0.29, 0.717) is 11.6 Å². The normalized spacial score (nSPS) is 11.4. The topological polar surface area (TPSA) is 9.23 Å². The van der Waals surface area contributed by atoms with Crippen LogP contribution in [0.25, 0.3) is 22.3 Å². The van der Waals surface area contributed by atoms with Gasteiger partial charge in [-0.2, -0.15) is 0 Å². The molecule has 4 aromatic rings. The summed E-state index contributed by atoms with van der Waals surface area (Å²) in [7, 11) is 0. The molecule has 0 saturated heterocycles. The number of halogens is 1. The number of ether oxygens (including phenoxy) is 1. The van der Waals surface area contributed by atoms with Gasteiger partial charge in [-0.15, -0.1) is 0 Å². The maximum absolute atomic E-state index is 6.30. The van der Waals surface area contributed by atoms with Gasteiger partial charge >= 0.3 is 0 Å². The van der Waals surface area contributed by atoms with E-state index in [0.717, 1.165) is 16.9 Å². The molecular weight excluding hydrogens is 400 g/mol. The second-order valence-corrected chi connectivity index (χ2v) is 9.24. The quantitative estimate of drug-likeness (QED) is 0.310. The predicted molar refractivity (Wildman–Crippen MR) is 132 cm³/mol.